The van der Waals surface area contributed by atoms with E-state index < -0.39 is 0 Å². The summed E-state index contributed by atoms with van der Waals surface area (Å²) in [6.45, 7) is 12.1. The van der Waals surface area contributed by atoms with Crippen LogP contribution in [0.5, 0.6) is 0 Å². The van der Waals surface area contributed by atoms with E-state index >= 15 is 0 Å². The summed E-state index contributed by atoms with van der Waals surface area (Å²) in [7, 11) is 0. The van der Waals surface area contributed by atoms with Crippen molar-refractivity contribution >= 4 is 5.97 Å². The highest BCUT2D eigenvalue weighted by Crippen LogP contribution is 2.29. The molecule has 3 unspecified atom stereocenters. The van der Waals surface area contributed by atoms with E-state index in [0.717, 1.165) is 19.3 Å². The fraction of sp³-hybridized carbons (Fsp3) is 0.974. The lowest BCUT2D eigenvalue weighted by atomic mass is 9.84. The lowest BCUT2D eigenvalue weighted by Gasteiger charge is -2.24. The van der Waals surface area contributed by atoms with Gasteiger partial charge in [0.25, 0.3) is 0 Å². The monoisotopic (exact) mass is 565 g/mol. The van der Waals surface area contributed by atoms with Gasteiger partial charge in [-0.25, -0.2) is 0 Å². The molecule has 0 heterocycles. The Morgan fingerprint density at radius 2 is 0.775 bits per heavy atom. The summed E-state index contributed by atoms with van der Waals surface area (Å²) in [5, 5.41) is 0. The largest absolute Gasteiger partial charge is 0.465 e. The SMILES string of the molecule is CCCCCCCCCCC(CCCCCCCC)COC(=O)C(CCCC)CC(CCCC)CCCCCC. The second kappa shape index (κ2) is 31.4. The molecule has 0 radical (unpaired) electrons. The number of esters is 1. The molecule has 0 spiro atoms. The van der Waals surface area contributed by atoms with Crippen LogP contribution in [0, 0.1) is 17.8 Å². The molecule has 0 fully saturated rings. The van der Waals surface area contributed by atoms with Crippen LogP contribution in [0.1, 0.15) is 214 Å². The predicted molar refractivity (Wildman–Crippen MR) is 179 cm³/mol. The zero-order valence-corrected chi connectivity index (χ0v) is 28.6. The van der Waals surface area contributed by atoms with Gasteiger partial charge in [0, 0.05) is 0 Å². The van der Waals surface area contributed by atoms with Crippen molar-refractivity contribution in [2.45, 2.75) is 214 Å². The van der Waals surface area contributed by atoms with Gasteiger partial charge in [-0.3, -0.25) is 4.79 Å². The van der Waals surface area contributed by atoms with Crippen molar-refractivity contribution in [3.8, 4) is 0 Å². The third-order valence-electron chi connectivity index (χ3n) is 9.18. The number of carbonyl (C=O) groups excluding carboxylic acids is 1. The van der Waals surface area contributed by atoms with Gasteiger partial charge in [0.1, 0.15) is 0 Å². The Morgan fingerprint density at radius 3 is 1.25 bits per heavy atom. The van der Waals surface area contributed by atoms with E-state index in [1.54, 1.807) is 0 Å². The molecule has 2 heteroatoms. The number of rotatable bonds is 32. The van der Waals surface area contributed by atoms with E-state index in [1.807, 2.05) is 0 Å². The number of hydrogen-bond donors (Lipinski definition) is 0. The van der Waals surface area contributed by atoms with E-state index in [9.17, 15) is 4.79 Å². The molecular formula is C38H76O2. The maximum absolute atomic E-state index is 13.5. The second-order valence-electron chi connectivity index (χ2n) is 13.2. The Bertz CT molecular complexity index is 502. The number of hydrogen-bond acceptors (Lipinski definition) is 2. The number of ether oxygens (including phenoxy) is 1. The molecular weight excluding hydrogens is 488 g/mol. The molecule has 0 saturated heterocycles. The molecule has 0 aromatic carbocycles. The number of carbonyl (C=O) groups is 1. The molecule has 0 amide bonds. The Morgan fingerprint density at radius 1 is 0.425 bits per heavy atom. The summed E-state index contributed by atoms with van der Waals surface area (Å²) < 4.78 is 6.19. The van der Waals surface area contributed by atoms with Crippen molar-refractivity contribution < 1.29 is 9.53 Å². The molecule has 2 nitrogen and oxygen atoms in total. The van der Waals surface area contributed by atoms with E-state index in [4.69, 9.17) is 4.74 Å². The van der Waals surface area contributed by atoms with E-state index in [-0.39, 0.29) is 11.9 Å². The Kier molecular flexibility index (Phi) is 31.0. The Labute approximate surface area is 254 Å². The molecule has 40 heavy (non-hydrogen) atoms. The van der Waals surface area contributed by atoms with Gasteiger partial charge >= 0.3 is 5.97 Å². The van der Waals surface area contributed by atoms with Crippen LogP contribution in [0.3, 0.4) is 0 Å². The molecule has 240 valence electrons. The molecule has 0 N–H and O–H groups in total. The van der Waals surface area contributed by atoms with Gasteiger partial charge in [0.05, 0.1) is 12.5 Å². The van der Waals surface area contributed by atoms with Gasteiger partial charge in [-0.05, 0) is 37.5 Å². The van der Waals surface area contributed by atoms with Crippen LogP contribution in [-0.4, -0.2) is 12.6 Å². The third kappa shape index (κ3) is 25.2. The smallest absolute Gasteiger partial charge is 0.308 e. The van der Waals surface area contributed by atoms with Crippen LogP contribution < -0.4 is 0 Å². The predicted octanol–water partition coefficient (Wildman–Crippen LogP) is 13.4. The van der Waals surface area contributed by atoms with Gasteiger partial charge < -0.3 is 4.74 Å². The van der Waals surface area contributed by atoms with Crippen molar-refractivity contribution in [3.05, 3.63) is 0 Å². The van der Waals surface area contributed by atoms with Crippen LogP contribution >= 0.6 is 0 Å². The first-order valence-corrected chi connectivity index (χ1v) is 18.8. The Balaban J connectivity index is 4.86. The van der Waals surface area contributed by atoms with Crippen LogP contribution in [0.2, 0.25) is 0 Å². The summed E-state index contributed by atoms with van der Waals surface area (Å²) in [6.07, 6.45) is 36.4. The fourth-order valence-electron chi connectivity index (χ4n) is 6.33. The summed E-state index contributed by atoms with van der Waals surface area (Å²) in [5.74, 6) is 1.51. The minimum absolute atomic E-state index is 0.116. The first-order valence-electron chi connectivity index (χ1n) is 18.8. The first-order chi connectivity index (χ1) is 19.6. The lowest BCUT2D eigenvalue weighted by Crippen LogP contribution is -2.24. The van der Waals surface area contributed by atoms with Crippen molar-refractivity contribution in [1.29, 1.82) is 0 Å². The van der Waals surface area contributed by atoms with Gasteiger partial charge in [0.15, 0.2) is 0 Å². The summed E-state index contributed by atoms with van der Waals surface area (Å²) in [4.78, 5) is 13.5. The van der Waals surface area contributed by atoms with E-state index in [2.05, 4.69) is 34.6 Å². The summed E-state index contributed by atoms with van der Waals surface area (Å²) in [6, 6.07) is 0. The van der Waals surface area contributed by atoms with Crippen LogP contribution in [-0.2, 0) is 9.53 Å². The van der Waals surface area contributed by atoms with E-state index in [1.165, 1.54) is 161 Å². The van der Waals surface area contributed by atoms with Gasteiger partial charge in [0.2, 0.25) is 0 Å². The molecule has 0 aromatic heterocycles. The average molecular weight is 565 g/mol. The summed E-state index contributed by atoms with van der Waals surface area (Å²) >= 11 is 0. The van der Waals surface area contributed by atoms with Crippen molar-refractivity contribution in [2.24, 2.45) is 17.8 Å². The maximum atomic E-state index is 13.5. The van der Waals surface area contributed by atoms with E-state index in [0.29, 0.717) is 18.4 Å². The molecule has 0 aliphatic rings. The standard InChI is InChI=1S/C38H76O2/c1-6-11-16-19-21-22-24-27-31-36(30-26-23-20-17-12-7-2)34-40-38(39)37(32-15-10-5)33-35(28-14-9-4)29-25-18-13-8-3/h35-37H,6-34H2,1-5H3. The van der Waals surface area contributed by atoms with Crippen LogP contribution in [0.15, 0.2) is 0 Å². The highest BCUT2D eigenvalue weighted by molar-refractivity contribution is 5.72. The second-order valence-corrected chi connectivity index (χ2v) is 13.2. The first kappa shape index (κ1) is 39.5. The minimum atomic E-state index is 0.116. The van der Waals surface area contributed by atoms with Crippen LogP contribution in [0.25, 0.3) is 0 Å². The zero-order valence-electron chi connectivity index (χ0n) is 28.6. The van der Waals surface area contributed by atoms with Gasteiger partial charge in [-0.1, -0.05) is 189 Å². The Hall–Kier alpha value is -0.530. The topological polar surface area (TPSA) is 26.3 Å². The average Bonchev–Trinajstić information content (AvgIpc) is 2.96. The van der Waals surface area contributed by atoms with Crippen molar-refractivity contribution in [1.82, 2.24) is 0 Å². The number of unbranched alkanes of at least 4 members (excludes halogenated alkanes) is 17. The highest BCUT2D eigenvalue weighted by atomic mass is 16.5. The fourth-order valence-corrected chi connectivity index (χ4v) is 6.33. The quantitative estimate of drug-likeness (QED) is 0.0600. The third-order valence-corrected chi connectivity index (χ3v) is 9.18. The zero-order chi connectivity index (χ0) is 29.5. The molecule has 0 bridgehead atoms. The molecule has 0 saturated carbocycles. The van der Waals surface area contributed by atoms with Gasteiger partial charge in [-0.15, -0.1) is 0 Å². The molecule has 0 aliphatic carbocycles. The molecule has 0 aliphatic heterocycles. The minimum Gasteiger partial charge on any atom is -0.465 e. The lowest BCUT2D eigenvalue weighted by molar-refractivity contribution is -0.151. The normalized spacial score (nSPS) is 13.8. The highest BCUT2D eigenvalue weighted by Gasteiger charge is 2.25. The van der Waals surface area contributed by atoms with Crippen molar-refractivity contribution in [2.75, 3.05) is 6.61 Å². The van der Waals surface area contributed by atoms with Crippen LogP contribution in [0.4, 0.5) is 0 Å². The molecule has 0 rings (SSSR count). The summed E-state index contributed by atoms with van der Waals surface area (Å²) in [5.41, 5.74) is 0. The maximum Gasteiger partial charge on any atom is 0.308 e. The molecule has 0 aromatic rings. The van der Waals surface area contributed by atoms with Crippen molar-refractivity contribution in [3.63, 3.8) is 0 Å². The molecule has 3 atom stereocenters. The van der Waals surface area contributed by atoms with Gasteiger partial charge in [-0.2, -0.15) is 0 Å².